The van der Waals surface area contributed by atoms with E-state index >= 15 is 0 Å². The molecule has 13 heavy (non-hydrogen) atoms. The lowest BCUT2D eigenvalue weighted by atomic mass is 10.3. The van der Waals surface area contributed by atoms with Crippen molar-refractivity contribution in [3.8, 4) is 17.2 Å². The molecule has 1 aromatic rings. The van der Waals surface area contributed by atoms with Crippen LogP contribution in [0.1, 0.15) is 0 Å². The van der Waals surface area contributed by atoms with Gasteiger partial charge >= 0.3 is 5.97 Å². The summed E-state index contributed by atoms with van der Waals surface area (Å²) in [5.41, 5.74) is 0. The predicted molar refractivity (Wildman–Crippen MR) is 44.1 cm³/mol. The maximum Gasteiger partial charge on any atom is 0.349 e. The van der Waals surface area contributed by atoms with Gasteiger partial charge in [0.05, 0.1) is 7.11 Å². The molecule has 2 rings (SSSR count). The summed E-state index contributed by atoms with van der Waals surface area (Å²) in [6.07, 6.45) is 0. The van der Waals surface area contributed by atoms with Gasteiger partial charge in [-0.05, 0) is 12.1 Å². The number of hydrogen-bond donors (Lipinski definition) is 0. The Morgan fingerprint density at radius 3 is 3.08 bits per heavy atom. The highest BCUT2D eigenvalue weighted by atomic mass is 16.6. The second-order valence-corrected chi connectivity index (χ2v) is 2.55. The third kappa shape index (κ3) is 1.30. The Kier molecular flexibility index (Phi) is 1.81. The van der Waals surface area contributed by atoms with Crippen molar-refractivity contribution in [2.24, 2.45) is 0 Å². The molecule has 0 spiro atoms. The molecule has 1 aliphatic heterocycles. The van der Waals surface area contributed by atoms with Crippen molar-refractivity contribution < 1.29 is 19.0 Å². The first-order chi connectivity index (χ1) is 6.31. The SMILES string of the molecule is COc1cccc2c1OC(=O)CO2. The minimum absolute atomic E-state index is 0.0415. The molecule has 0 saturated heterocycles. The molecule has 0 unspecified atom stereocenters. The summed E-state index contributed by atoms with van der Waals surface area (Å²) >= 11 is 0. The number of ether oxygens (including phenoxy) is 3. The minimum Gasteiger partial charge on any atom is -0.493 e. The third-order valence-electron chi connectivity index (χ3n) is 1.72. The zero-order valence-corrected chi connectivity index (χ0v) is 7.07. The van der Waals surface area contributed by atoms with Gasteiger partial charge in [-0.3, -0.25) is 0 Å². The number of rotatable bonds is 1. The maximum absolute atomic E-state index is 10.9. The number of methoxy groups -OCH3 is 1. The summed E-state index contributed by atoms with van der Waals surface area (Å²) in [4.78, 5) is 10.9. The number of hydrogen-bond acceptors (Lipinski definition) is 4. The molecule has 0 saturated carbocycles. The van der Waals surface area contributed by atoms with Crippen LogP contribution in [0.3, 0.4) is 0 Å². The molecule has 1 heterocycles. The molecule has 0 N–H and O–H groups in total. The molecule has 0 fully saturated rings. The van der Waals surface area contributed by atoms with Gasteiger partial charge in [0.15, 0.2) is 18.1 Å². The van der Waals surface area contributed by atoms with Crippen molar-refractivity contribution >= 4 is 5.97 Å². The van der Waals surface area contributed by atoms with Crippen molar-refractivity contribution in [2.45, 2.75) is 0 Å². The van der Waals surface area contributed by atoms with E-state index < -0.39 is 5.97 Å². The molecule has 0 atom stereocenters. The average Bonchev–Trinajstić information content (AvgIpc) is 2.17. The van der Waals surface area contributed by atoms with Gasteiger partial charge in [0, 0.05) is 0 Å². The molecule has 0 amide bonds. The summed E-state index contributed by atoms with van der Waals surface area (Å²) in [6, 6.07) is 5.21. The smallest absolute Gasteiger partial charge is 0.349 e. The Balaban J connectivity index is 2.46. The van der Waals surface area contributed by atoms with Gasteiger partial charge in [0.25, 0.3) is 0 Å². The van der Waals surface area contributed by atoms with Gasteiger partial charge in [0.1, 0.15) is 0 Å². The van der Waals surface area contributed by atoms with E-state index in [-0.39, 0.29) is 6.61 Å². The van der Waals surface area contributed by atoms with Crippen LogP contribution in [0.25, 0.3) is 0 Å². The van der Waals surface area contributed by atoms with Crippen LogP contribution >= 0.6 is 0 Å². The van der Waals surface area contributed by atoms with Crippen LogP contribution in [0.4, 0.5) is 0 Å². The van der Waals surface area contributed by atoms with E-state index in [9.17, 15) is 4.79 Å². The number of esters is 1. The molecule has 0 aromatic heterocycles. The standard InChI is InChI=1S/C9H8O4/c1-11-6-3-2-4-7-9(6)13-8(10)5-12-7/h2-4H,5H2,1H3. The van der Waals surface area contributed by atoms with E-state index in [2.05, 4.69) is 0 Å². The molecule has 0 aliphatic carbocycles. The summed E-state index contributed by atoms with van der Waals surface area (Å²) in [7, 11) is 1.51. The second kappa shape index (κ2) is 2.97. The number of benzene rings is 1. The Labute approximate surface area is 75.0 Å². The van der Waals surface area contributed by atoms with E-state index in [1.54, 1.807) is 18.2 Å². The van der Waals surface area contributed by atoms with Crippen LogP contribution in [0, 0.1) is 0 Å². The van der Waals surface area contributed by atoms with E-state index in [1.807, 2.05) is 0 Å². The summed E-state index contributed by atoms with van der Waals surface area (Å²) in [5, 5.41) is 0. The third-order valence-corrected chi connectivity index (χ3v) is 1.72. The zero-order chi connectivity index (χ0) is 9.26. The summed E-state index contributed by atoms with van der Waals surface area (Å²) in [5.74, 6) is 1.00. The molecule has 68 valence electrons. The first-order valence-electron chi connectivity index (χ1n) is 3.82. The number of carbonyl (C=O) groups excluding carboxylic acids is 1. The van der Waals surface area contributed by atoms with E-state index in [0.29, 0.717) is 17.2 Å². The molecular weight excluding hydrogens is 172 g/mol. The Hall–Kier alpha value is -1.71. The fourth-order valence-corrected chi connectivity index (χ4v) is 1.15. The van der Waals surface area contributed by atoms with Crippen molar-refractivity contribution in [2.75, 3.05) is 13.7 Å². The normalized spacial score (nSPS) is 14.1. The van der Waals surface area contributed by atoms with Gasteiger partial charge < -0.3 is 14.2 Å². The van der Waals surface area contributed by atoms with E-state index in [0.717, 1.165) is 0 Å². The number of fused-ring (bicyclic) bond motifs is 1. The second-order valence-electron chi connectivity index (χ2n) is 2.55. The highest BCUT2D eigenvalue weighted by Gasteiger charge is 2.21. The molecule has 0 radical (unpaired) electrons. The van der Waals surface area contributed by atoms with Crippen LogP contribution in [-0.4, -0.2) is 19.7 Å². The molecular formula is C9H8O4. The van der Waals surface area contributed by atoms with Crippen molar-refractivity contribution in [3.05, 3.63) is 18.2 Å². The largest absolute Gasteiger partial charge is 0.493 e. The topological polar surface area (TPSA) is 44.8 Å². The van der Waals surface area contributed by atoms with Gasteiger partial charge in [0.2, 0.25) is 5.75 Å². The average molecular weight is 180 g/mol. The molecule has 1 aromatic carbocycles. The monoisotopic (exact) mass is 180 g/mol. The molecule has 4 nitrogen and oxygen atoms in total. The lowest BCUT2D eigenvalue weighted by Gasteiger charge is -2.18. The van der Waals surface area contributed by atoms with E-state index in [4.69, 9.17) is 14.2 Å². The Morgan fingerprint density at radius 2 is 2.31 bits per heavy atom. The van der Waals surface area contributed by atoms with Crippen molar-refractivity contribution in [3.63, 3.8) is 0 Å². The minimum atomic E-state index is -0.406. The Bertz CT molecular complexity index is 331. The van der Waals surface area contributed by atoms with Crippen molar-refractivity contribution in [1.29, 1.82) is 0 Å². The maximum atomic E-state index is 10.9. The van der Waals surface area contributed by atoms with Gasteiger partial charge in [-0.15, -0.1) is 0 Å². The number of carbonyl (C=O) groups is 1. The quantitative estimate of drug-likeness (QED) is 0.477. The molecule has 4 heteroatoms. The summed E-state index contributed by atoms with van der Waals surface area (Å²) < 4.78 is 15.1. The van der Waals surface area contributed by atoms with Crippen molar-refractivity contribution in [1.82, 2.24) is 0 Å². The van der Waals surface area contributed by atoms with Gasteiger partial charge in [-0.1, -0.05) is 6.07 Å². The van der Waals surface area contributed by atoms with Gasteiger partial charge in [-0.2, -0.15) is 0 Å². The Morgan fingerprint density at radius 1 is 1.46 bits per heavy atom. The number of para-hydroxylation sites is 1. The van der Waals surface area contributed by atoms with Crippen LogP contribution in [0.5, 0.6) is 17.2 Å². The first kappa shape index (κ1) is 7.91. The van der Waals surface area contributed by atoms with E-state index in [1.165, 1.54) is 7.11 Å². The molecule has 1 aliphatic rings. The van der Waals surface area contributed by atoms with Crippen LogP contribution < -0.4 is 14.2 Å². The lowest BCUT2D eigenvalue weighted by molar-refractivity contribution is -0.138. The fourth-order valence-electron chi connectivity index (χ4n) is 1.15. The highest BCUT2D eigenvalue weighted by molar-refractivity contribution is 5.78. The first-order valence-corrected chi connectivity index (χ1v) is 3.82. The van der Waals surface area contributed by atoms with Crippen LogP contribution in [0.15, 0.2) is 18.2 Å². The van der Waals surface area contributed by atoms with Crippen LogP contribution in [0.2, 0.25) is 0 Å². The molecule has 0 bridgehead atoms. The van der Waals surface area contributed by atoms with Crippen LogP contribution in [-0.2, 0) is 4.79 Å². The van der Waals surface area contributed by atoms with Gasteiger partial charge in [-0.25, -0.2) is 4.79 Å². The predicted octanol–water partition coefficient (Wildman–Crippen LogP) is 0.993. The zero-order valence-electron chi connectivity index (χ0n) is 7.07. The summed E-state index contributed by atoms with van der Waals surface area (Å²) in [6.45, 7) is -0.0415. The fraction of sp³-hybridized carbons (Fsp3) is 0.222. The highest BCUT2D eigenvalue weighted by Crippen LogP contribution is 2.38. The lowest BCUT2D eigenvalue weighted by Crippen LogP contribution is -2.23.